The molecule has 2 aromatic heterocycles. The number of hydrogen-bond acceptors (Lipinski definition) is 6. The Bertz CT molecular complexity index is 595. The number of likely N-dealkylation sites (N-methyl/N-ethyl adjacent to an activating group) is 2. The Kier molecular flexibility index (Phi) is 4.46. The van der Waals surface area contributed by atoms with Crippen LogP contribution in [0.2, 0.25) is 0 Å². The van der Waals surface area contributed by atoms with E-state index in [4.69, 9.17) is 5.73 Å². The molecule has 0 aliphatic rings. The molecule has 20 heavy (non-hydrogen) atoms. The molecular formula is C12H19N7O. The lowest BCUT2D eigenvalue weighted by molar-refractivity contribution is -0.121. The fraction of sp³-hybridized carbons (Fsp3) is 0.500. The van der Waals surface area contributed by atoms with Gasteiger partial charge in [-0.05, 0) is 13.5 Å². The van der Waals surface area contributed by atoms with Gasteiger partial charge in [0.25, 0.3) is 0 Å². The van der Waals surface area contributed by atoms with Gasteiger partial charge in [-0.15, -0.1) is 0 Å². The second kappa shape index (κ2) is 6.29. The molecule has 2 aromatic rings. The maximum absolute atomic E-state index is 11.2. The highest BCUT2D eigenvalue weighted by Crippen LogP contribution is 2.14. The standard InChI is InChI=1S/C12H19N7O/c1-14-9(20)6-18(2)4-3-5-19-8-17-10-11(13)15-7-16-12(10)19/h7-8H,3-6H2,1-2H3,(H,14,20)(H2,13,15,16). The molecule has 2 heterocycles. The van der Waals surface area contributed by atoms with Crippen LogP contribution in [-0.2, 0) is 11.3 Å². The van der Waals surface area contributed by atoms with Crippen molar-refractivity contribution in [2.75, 3.05) is 32.9 Å². The first-order valence-corrected chi connectivity index (χ1v) is 6.42. The van der Waals surface area contributed by atoms with Crippen LogP contribution in [0, 0.1) is 0 Å². The quantitative estimate of drug-likeness (QED) is 0.736. The van der Waals surface area contributed by atoms with Crippen LogP contribution in [-0.4, -0.2) is 57.5 Å². The highest BCUT2D eigenvalue weighted by Gasteiger charge is 2.08. The molecule has 3 N–H and O–H groups in total. The molecule has 0 aliphatic heterocycles. The predicted molar refractivity (Wildman–Crippen MR) is 75.9 cm³/mol. The van der Waals surface area contributed by atoms with Crippen LogP contribution >= 0.6 is 0 Å². The minimum absolute atomic E-state index is 0.0149. The van der Waals surface area contributed by atoms with E-state index in [0.29, 0.717) is 17.9 Å². The van der Waals surface area contributed by atoms with Gasteiger partial charge in [-0.1, -0.05) is 0 Å². The van der Waals surface area contributed by atoms with Crippen molar-refractivity contribution >= 4 is 22.9 Å². The number of nitrogens with one attached hydrogen (secondary N) is 1. The van der Waals surface area contributed by atoms with E-state index in [1.54, 1.807) is 13.4 Å². The molecule has 108 valence electrons. The molecule has 8 heteroatoms. The molecule has 1 amide bonds. The molecule has 0 unspecified atom stereocenters. The summed E-state index contributed by atoms with van der Waals surface area (Å²) in [4.78, 5) is 25.5. The minimum Gasteiger partial charge on any atom is -0.382 e. The zero-order valence-electron chi connectivity index (χ0n) is 11.7. The third-order valence-electron chi connectivity index (χ3n) is 3.06. The van der Waals surface area contributed by atoms with Crippen LogP contribution in [0.15, 0.2) is 12.7 Å². The first kappa shape index (κ1) is 14.2. The van der Waals surface area contributed by atoms with Crippen molar-refractivity contribution in [1.82, 2.24) is 29.7 Å². The summed E-state index contributed by atoms with van der Waals surface area (Å²) >= 11 is 0. The van der Waals surface area contributed by atoms with Gasteiger partial charge in [0.2, 0.25) is 5.91 Å². The highest BCUT2D eigenvalue weighted by atomic mass is 16.1. The summed E-state index contributed by atoms with van der Waals surface area (Å²) in [6, 6.07) is 0. The molecule has 0 aromatic carbocycles. The Morgan fingerprint density at radius 2 is 2.25 bits per heavy atom. The van der Waals surface area contributed by atoms with Crippen molar-refractivity contribution < 1.29 is 4.79 Å². The lowest BCUT2D eigenvalue weighted by atomic mass is 10.3. The number of carbonyl (C=O) groups is 1. The van der Waals surface area contributed by atoms with Crippen LogP contribution in [0.1, 0.15) is 6.42 Å². The number of aromatic nitrogens is 4. The molecule has 0 radical (unpaired) electrons. The number of nitrogens with zero attached hydrogens (tertiary/aromatic N) is 5. The second-order valence-corrected chi connectivity index (χ2v) is 4.63. The summed E-state index contributed by atoms with van der Waals surface area (Å²) in [5.41, 5.74) is 7.11. The van der Waals surface area contributed by atoms with E-state index >= 15 is 0 Å². The fourth-order valence-electron chi connectivity index (χ4n) is 1.98. The predicted octanol–water partition coefficient (Wildman–Crippen LogP) is -0.524. The van der Waals surface area contributed by atoms with Gasteiger partial charge in [0, 0.05) is 20.1 Å². The third kappa shape index (κ3) is 3.21. The largest absolute Gasteiger partial charge is 0.382 e. The zero-order valence-corrected chi connectivity index (χ0v) is 11.7. The van der Waals surface area contributed by atoms with E-state index in [2.05, 4.69) is 20.3 Å². The Labute approximate surface area is 117 Å². The zero-order chi connectivity index (χ0) is 14.5. The van der Waals surface area contributed by atoms with Gasteiger partial charge < -0.3 is 15.6 Å². The van der Waals surface area contributed by atoms with Crippen molar-refractivity contribution in [3.8, 4) is 0 Å². The van der Waals surface area contributed by atoms with Gasteiger partial charge >= 0.3 is 0 Å². The van der Waals surface area contributed by atoms with Gasteiger partial charge in [0.05, 0.1) is 12.9 Å². The number of hydrogen-bond donors (Lipinski definition) is 2. The van der Waals surface area contributed by atoms with Gasteiger partial charge in [-0.25, -0.2) is 15.0 Å². The van der Waals surface area contributed by atoms with Crippen molar-refractivity contribution in [3.63, 3.8) is 0 Å². The first-order chi connectivity index (χ1) is 9.61. The smallest absolute Gasteiger partial charge is 0.233 e. The summed E-state index contributed by atoms with van der Waals surface area (Å²) in [5, 5.41) is 2.60. The Morgan fingerprint density at radius 1 is 1.45 bits per heavy atom. The van der Waals surface area contributed by atoms with Crippen molar-refractivity contribution in [1.29, 1.82) is 0 Å². The molecule has 0 atom stereocenters. The number of nitrogen functional groups attached to an aromatic ring is 1. The number of carbonyl (C=O) groups excluding carboxylic acids is 1. The molecule has 0 saturated carbocycles. The van der Waals surface area contributed by atoms with Crippen LogP contribution in [0.5, 0.6) is 0 Å². The number of nitrogens with two attached hydrogens (primary N) is 1. The Morgan fingerprint density at radius 3 is 3.00 bits per heavy atom. The van der Waals surface area contributed by atoms with Crippen LogP contribution in [0.25, 0.3) is 11.2 Å². The van der Waals surface area contributed by atoms with E-state index in [1.165, 1.54) is 6.33 Å². The maximum atomic E-state index is 11.2. The first-order valence-electron chi connectivity index (χ1n) is 6.42. The average Bonchev–Trinajstić information content (AvgIpc) is 2.83. The summed E-state index contributed by atoms with van der Waals surface area (Å²) in [6.07, 6.45) is 4.05. The molecule has 0 saturated heterocycles. The lowest BCUT2D eigenvalue weighted by Gasteiger charge is -2.15. The van der Waals surface area contributed by atoms with Crippen molar-refractivity contribution in [2.45, 2.75) is 13.0 Å². The second-order valence-electron chi connectivity index (χ2n) is 4.63. The topological polar surface area (TPSA) is 102 Å². The van der Waals surface area contributed by atoms with Crippen LogP contribution < -0.4 is 11.1 Å². The summed E-state index contributed by atoms with van der Waals surface area (Å²) in [7, 11) is 3.55. The van der Waals surface area contributed by atoms with Gasteiger partial charge in [0.15, 0.2) is 11.5 Å². The SMILES string of the molecule is CNC(=O)CN(C)CCCn1cnc2c(N)ncnc21. The minimum atomic E-state index is 0.0149. The summed E-state index contributed by atoms with van der Waals surface area (Å²) in [6.45, 7) is 1.98. The van der Waals surface area contributed by atoms with E-state index in [-0.39, 0.29) is 5.91 Å². The number of rotatable bonds is 6. The van der Waals surface area contributed by atoms with Gasteiger partial charge in [-0.3, -0.25) is 9.69 Å². The molecule has 0 fully saturated rings. The van der Waals surface area contributed by atoms with E-state index in [1.807, 2.05) is 16.5 Å². The molecular weight excluding hydrogens is 258 g/mol. The van der Waals surface area contributed by atoms with Crippen molar-refractivity contribution in [3.05, 3.63) is 12.7 Å². The lowest BCUT2D eigenvalue weighted by Crippen LogP contribution is -2.33. The molecule has 2 rings (SSSR count). The maximum Gasteiger partial charge on any atom is 0.233 e. The van der Waals surface area contributed by atoms with E-state index < -0.39 is 0 Å². The summed E-state index contributed by atoms with van der Waals surface area (Å²) in [5.74, 6) is 0.409. The number of imidazole rings is 1. The Hall–Kier alpha value is -2.22. The van der Waals surface area contributed by atoms with Crippen molar-refractivity contribution in [2.24, 2.45) is 0 Å². The monoisotopic (exact) mass is 277 g/mol. The number of anilines is 1. The number of aryl methyl sites for hydroxylation is 1. The summed E-state index contributed by atoms with van der Waals surface area (Å²) < 4.78 is 1.95. The average molecular weight is 277 g/mol. The number of amides is 1. The van der Waals surface area contributed by atoms with Crippen LogP contribution in [0.4, 0.5) is 5.82 Å². The van der Waals surface area contributed by atoms with Crippen LogP contribution in [0.3, 0.4) is 0 Å². The molecule has 8 nitrogen and oxygen atoms in total. The molecule has 0 spiro atoms. The highest BCUT2D eigenvalue weighted by molar-refractivity contribution is 5.81. The van der Waals surface area contributed by atoms with E-state index in [0.717, 1.165) is 25.2 Å². The van der Waals surface area contributed by atoms with Gasteiger partial charge in [-0.2, -0.15) is 0 Å². The normalized spacial score (nSPS) is 11.2. The van der Waals surface area contributed by atoms with Gasteiger partial charge in [0.1, 0.15) is 11.8 Å². The molecule has 0 bridgehead atoms. The molecule has 0 aliphatic carbocycles. The Balaban J connectivity index is 1.90. The fourth-order valence-corrected chi connectivity index (χ4v) is 1.98. The number of fused-ring (bicyclic) bond motifs is 1. The van der Waals surface area contributed by atoms with E-state index in [9.17, 15) is 4.79 Å². The third-order valence-corrected chi connectivity index (χ3v) is 3.06.